The van der Waals surface area contributed by atoms with E-state index in [2.05, 4.69) is 54.9 Å². The molecular formula is C14H14N3PS. The SMILES string of the molecule is Pc1ccc2c(c1)N(c1ncc(S)cn1)CC21CC1. The molecule has 3 nitrogen and oxygen atoms in total. The number of aromatic nitrogens is 2. The summed E-state index contributed by atoms with van der Waals surface area (Å²) in [7, 11) is 2.76. The smallest absolute Gasteiger partial charge is 0.229 e. The van der Waals surface area contributed by atoms with Crippen molar-refractivity contribution in [1.82, 2.24) is 9.97 Å². The molecule has 5 heteroatoms. The van der Waals surface area contributed by atoms with Crippen LogP contribution in [0.4, 0.5) is 11.6 Å². The van der Waals surface area contributed by atoms with Crippen molar-refractivity contribution in [2.24, 2.45) is 0 Å². The molecule has 1 aliphatic heterocycles. The van der Waals surface area contributed by atoms with Gasteiger partial charge in [-0.05, 0) is 29.8 Å². The van der Waals surface area contributed by atoms with Crippen LogP contribution in [0.15, 0.2) is 35.5 Å². The molecule has 2 heterocycles. The molecule has 1 aromatic heterocycles. The molecular weight excluding hydrogens is 273 g/mol. The lowest BCUT2D eigenvalue weighted by atomic mass is 9.99. The molecule has 0 saturated heterocycles. The van der Waals surface area contributed by atoms with E-state index in [1.807, 2.05) is 0 Å². The van der Waals surface area contributed by atoms with E-state index in [-0.39, 0.29) is 0 Å². The molecule has 0 N–H and O–H groups in total. The van der Waals surface area contributed by atoms with Crippen LogP contribution in [0.1, 0.15) is 18.4 Å². The third-order valence-corrected chi connectivity index (χ3v) is 4.65. The third kappa shape index (κ3) is 1.78. The zero-order valence-electron chi connectivity index (χ0n) is 10.4. The van der Waals surface area contributed by atoms with Gasteiger partial charge in [0.05, 0.1) is 0 Å². The Hall–Kier alpha value is -1.12. The molecule has 0 bridgehead atoms. The molecule has 96 valence electrons. The van der Waals surface area contributed by atoms with Crippen LogP contribution in [-0.4, -0.2) is 16.5 Å². The summed E-state index contributed by atoms with van der Waals surface area (Å²) >= 11 is 4.25. The molecule has 4 rings (SSSR count). The first-order valence-corrected chi connectivity index (χ1v) is 7.39. The van der Waals surface area contributed by atoms with Gasteiger partial charge in [-0.15, -0.1) is 21.9 Å². The second-order valence-corrected chi connectivity index (χ2v) is 6.57. The molecule has 0 radical (unpaired) electrons. The summed E-state index contributed by atoms with van der Waals surface area (Å²) in [5.41, 5.74) is 3.07. The van der Waals surface area contributed by atoms with Crippen molar-refractivity contribution in [3.05, 3.63) is 36.2 Å². The van der Waals surface area contributed by atoms with Gasteiger partial charge in [-0.25, -0.2) is 9.97 Å². The van der Waals surface area contributed by atoms with Gasteiger partial charge in [-0.1, -0.05) is 12.1 Å². The summed E-state index contributed by atoms with van der Waals surface area (Å²) in [6.07, 6.45) is 6.07. The predicted octanol–water partition coefficient (Wildman–Crippen LogP) is 2.45. The maximum absolute atomic E-state index is 4.41. The standard InChI is InChI=1S/C14H14N3PS/c18-9-1-2-11-12(5-9)17(8-14(11)3-4-14)13-15-6-10(19)7-16-13/h1-2,5-7,19H,3-4,8,18H2. The van der Waals surface area contributed by atoms with Gasteiger partial charge in [0.2, 0.25) is 5.95 Å². The highest BCUT2D eigenvalue weighted by Crippen LogP contribution is 2.57. The first-order valence-electron chi connectivity index (χ1n) is 6.37. The van der Waals surface area contributed by atoms with E-state index in [1.165, 1.54) is 29.4 Å². The van der Waals surface area contributed by atoms with E-state index in [4.69, 9.17) is 0 Å². The van der Waals surface area contributed by atoms with E-state index >= 15 is 0 Å². The lowest BCUT2D eigenvalue weighted by molar-refractivity contribution is 0.734. The highest BCUT2D eigenvalue weighted by Gasteiger charge is 2.52. The normalized spacial score (nSPS) is 18.7. The number of hydrogen-bond acceptors (Lipinski definition) is 4. The Labute approximate surface area is 120 Å². The lowest BCUT2D eigenvalue weighted by Gasteiger charge is -2.17. The van der Waals surface area contributed by atoms with E-state index < -0.39 is 0 Å². The number of benzene rings is 1. The van der Waals surface area contributed by atoms with Gasteiger partial charge in [-0.3, -0.25) is 0 Å². The number of nitrogens with zero attached hydrogens (tertiary/aromatic N) is 3. The molecule has 2 aliphatic rings. The topological polar surface area (TPSA) is 29.0 Å². The van der Waals surface area contributed by atoms with Crippen LogP contribution >= 0.6 is 21.9 Å². The molecule has 1 unspecified atom stereocenters. The molecule has 0 amide bonds. The Morgan fingerprint density at radius 3 is 2.63 bits per heavy atom. The Morgan fingerprint density at radius 1 is 1.21 bits per heavy atom. The summed E-state index contributed by atoms with van der Waals surface area (Å²) in [6.45, 7) is 1.00. The minimum Gasteiger partial charge on any atom is -0.309 e. The predicted molar refractivity (Wildman–Crippen MR) is 83.0 cm³/mol. The molecule has 1 aromatic carbocycles. The number of hydrogen-bond donors (Lipinski definition) is 1. The van der Waals surface area contributed by atoms with E-state index in [0.29, 0.717) is 5.41 Å². The van der Waals surface area contributed by atoms with Crippen molar-refractivity contribution in [3.8, 4) is 0 Å². The zero-order chi connectivity index (χ0) is 13.0. The molecule has 1 saturated carbocycles. The average molecular weight is 287 g/mol. The summed E-state index contributed by atoms with van der Waals surface area (Å²) in [4.78, 5) is 11.9. The van der Waals surface area contributed by atoms with E-state index in [0.717, 1.165) is 17.4 Å². The van der Waals surface area contributed by atoms with Gasteiger partial charge in [0.1, 0.15) is 0 Å². The van der Waals surface area contributed by atoms with Gasteiger partial charge in [0, 0.05) is 34.9 Å². The summed E-state index contributed by atoms with van der Waals surface area (Å²) in [5.74, 6) is 0.776. The highest BCUT2D eigenvalue weighted by atomic mass is 32.1. The second kappa shape index (κ2) is 3.94. The fourth-order valence-electron chi connectivity index (χ4n) is 2.90. The monoisotopic (exact) mass is 287 g/mol. The molecule has 1 spiro atoms. The van der Waals surface area contributed by atoms with Crippen LogP contribution < -0.4 is 10.2 Å². The van der Waals surface area contributed by atoms with Crippen LogP contribution in [0.25, 0.3) is 0 Å². The number of anilines is 2. The average Bonchev–Trinajstić information content (AvgIpc) is 3.10. The van der Waals surface area contributed by atoms with Crippen molar-refractivity contribution in [1.29, 1.82) is 0 Å². The van der Waals surface area contributed by atoms with Crippen LogP contribution in [0.2, 0.25) is 0 Å². The van der Waals surface area contributed by atoms with Crippen LogP contribution in [0.5, 0.6) is 0 Å². The Balaban J connectivity index is 1.84. The molecule has 1 atom stereocenters. The first kappa shape index (κ1) is 11.7. The first-order chi connectivity index (χ1) is 9.18. The molecule has 1 aliphatic carbocycles. The summed E-state index contributed by atoms with van der Waals surface area (Å²) in [5, 5.41) is 1.20. The Bertz CT molecular complexity index is 652. The van der Waals surface area contributed by atoms with Gasteiger partial charge < -0.3 is 4.90 Å². The number of rotatable bonds is 1. The minimum absolute atomic E-state index is 0.358. The van der Waals surface area contributed by atoms with Gasteiger partial charge >= 0.3 is 0 Å². The Kier molecular flexibility index (Phi) is 2.42. The van der Waals surface area contributed by atoms with Gasteiger partial charge in [-0.2, -0.15) is 0 Å². The summed E-state index contributed by atoms with van der Waals surface area (Å²) < 4.78 is 0. The van der Waals surface area contributed by atoms with Crippen molar-refractivity contribution in [2.45, 2.75) is 23.2 Å². The second-order valence-electron chi connectivity index (χ2n) is 5.38. The molecule has 19 heavy (non-hydrogen) atoms. The van der Waals surface area contributed by atoms with Crippen molar-refractivity contribution < 1.29 is 0 Å². The van der Waals surface area contributed by atoms with Crippen LogP contribution in [0, 0.1) is 0 Å². The maximum atomic E-state index is 4.41. The highest BCUT2D eigenvalue weighted by molar-refractivity contribution is 7.80. The maximum Gasteiger partial charge on any atom is 0.229 e. The van der Waals surface area contributed by atoms with Gasteiger partial charge in [0.15, 0.2) is 0 Å². The quantitative estimate of drug-likeness (QED) is 0.645. The number of thiol groups is 1. The van der Waals surface area contributed by atoms with Crippen LogP contribution in [0.3, 0.4) is 0 Å². The minimum atomic E-state index is 0.358. The Morgan fingerprint density at radius 2 is 1.95 bits per heavy atom. The zero-order valence-corrected chi connectivity index (χ0v) is 12.4. The largest absolute Gasteiger partial charge is 0.309 e. The van der Waals surface area contributed by atoms with Crippen molar-refractivity contribution in [3.63, 3.8) is 0 Å². The number of fused-ring (bicyclic) bond motifs is 2. The van der Waals surface area contributed by atoms with Gasteiger partial charge in [0.25, 0.3) is 0 Å². The van der Waals surface area contributed by atoms with Crippen LogP contribution in [-0.2, 0) is 5.41 Å². The fraction of sp³-hybridized carbons (Fsp3) is 0.286. The lowest BCUT2D eigenvalue weighted by Crippen LogP contribution is -2.21. The van der Waals surface area contributed by atoms with E-state index in [9.17, 15) is 0 Å². The molecule has 2 aromatic rings. The third-order valence-electron chi connectivity index (χ3n) is 4.06. The van der Waals surface area contributed by atoms with E-state index in [1.54, 1.807) is 12.4 Å². The molecule has 1 fully saturated rings. The summed E-state index contributed by atoms with van der Waals surface area (Å²) in [6, 6.07) is 6.65. The van der Waals surface area contributed by atoms with Crippen molar-refractivity contribution in [2.75, 3.05) is 11.4 Å². The van der Waals surface area contributed by atoms with Crippen molar-refractivity contribution >= 4 is 38.8 Å². The fourth-order valence-corrected chi connectivity index (χ4v) is 3.27.